The van der Waals surface area contributed by atoms with Crippen LogP contribution in [0.4, 0.5) is 0 Å². The SMILES string of the molecule is COCOc1c(-c2cccc3sc(C(C)=O)cc23)cc(C(C)(C)C)cc1C(C)(C)C. The van der Waals surface area contributed by atoms with E-state index in [-0.39, 0.29) is 23.4 Å². The normalized spacial score (nSPS) is 12.4. The van der Waals surface area contributed by atoms with Gasteiger partial charge in [-0.15, -0.1) is 11.3 Å². The van der Waals surface area contributed by atoms with Gasteiger partial charge < -0.3 is 9.47 Å². The van der Waals surface area contributed by atoms with Gasteiger partial charge in [0.25, 0.3) is 0 Å². The maximum absolute atomic E-state index is 12.0. The average molecular weight is 425 g/mol. The van der Waals surface area contributed by atoms with E-state index in [4.69, 9.17) is 9.47 Å². The van der Waals surface area contributed by atoms with Crippen LogP contribution < -0.4 is 4.74 Å². The first kappa shape index (κ1) is 22.5. The quantitative estimate of drug-likeness (QED) is 0.317. The van der Waals surface area contributed by atoms with Crippen molar-refractivity contribution in [1.82, 2.24) is 0 Å². The van der Waals surface area contributed by atoms with Crippen LogP contribution in [0.2, 0.25) is 0 Å². The minimum Gasteiger partial charge on any atom is -0.467 e. The Balaban J connectivity index is 2.40. The second-order valence-electron chi connectivity index (χ2n) is 9.84. The molecule has 4 heteroatoms. The molecule has 0 radical (unpaired) electrons. The van der Waals surface area contributed by atoms with Gasteiger partial charge in [-0.25, -0.2) is 0 Å². The fraction of sp³-hybridized carbons (Fsp3) is 0.423. The third-order valence-electron chi connectivity index (χ3n) is 5.28. The fourth-order valence-corrected chi connectivity index (χ4v) is 4.54. The number of ether oxygens (including phenoxy) is 2. The highest BCUT2D eigenvalue weighted by molar-refractivity contribution is 7.20. The minimum absolute atomic E-state index is 0.0123. The van der Waals surface area contributed by atoms with Crippen molar-refractivity contribution in [1.29, 1.82) is 0 Å². The van der Waals surface area contributed by atoms with E-state index >= 15 is 0 Å². The highest BCUT2D eigenvalue weighted by Crippen LogP contribution is 2.45. The van der Waals surface area contributed by atoms with Gasteiger partial charge >= 0.3 is 0 Å². The van der Waals surface area contributed by atoms with E-state index in [0.717, 1.165) is 37.4 Å². The van der Waals surface area contributed by atoms with Crippen molar-refractivity contribution in [2.75, 3.05) is 13.9 Å². The Morgan fingerprint density at radius 3 is 2.23 bits per heavy atom. The van der Waals surface area contributed by atoms with Crippen molar-refractivity contribution in [3.63, 3.8) is 0 Å². The number of methoxy groups -OCH3 is 1. The van der Waals surface area contributed by atoms with Crippen LogP contribution in [0.5, 0.6) is 5.75 Å². The number of fused-ring (bicyclic) bond motifs is 1. The zero-order chi connectivity index (χ0) is 22.3. The van der Waals surface area contributed by atoms with Crippen molar-refractivity contribution >= 4 is 27.2 Å². The lowest BCUT2D eigenvalue weighted by atomic mass is 9.78. The van der Waals surface area contributed by atoms with Gasteiger partial charge in [0.1, 0.15) is 5.75 Å². The van der Waals surface area contributed by atoms with Gasteiger partial charge in [0.15, 0.2) is 12.6 Å². The smallest absolute Gasteiger partial charge is 0.188 e. The summed E-state index contributed by atoms with van der Waals surface area (Å²) in [7, 11) is 1.64. The van der Waals surface area contributed by atoms with Gasteiger partial charge in [0.2, 0.25) is 0 Å². The monoisotopic (exact) mass is 424 g/mol. The molecule has 0 unspecified atom stereocenters. The molecule has 3 aromatic rings. The van der Waals surface area contributed by atoms with Crippen molar-refractivity contribution in [3.8, 4) is 16.9 Å². The molecule has 0 aliphatic carbocycles. The van der Waals surface area contributed by atoms with E-state index in [0.29, 0.717) is 0 Å². The second-order valence-corrected chi connectivity index (χ2v) is 10.9. The highest BCUT2D eigenvalue weighted by atomic mass is 32.1. The number of hydrogen-bond acceptors (Lipinski definition) is 4. The molecule has 0 saturated carbocycles. The Hall–Kier alpha value is -2.17. The average Bonchev–Trinajstić information content (AvgIpc) is 3.09. The summed E-state index contributed by atoms with van der Waals surface area (Å²) in [6, 6.07) is 12.8. The molecular weight excluding hydrogens is 392 g/mol. The molecule has 0 aliphatic heterocycles. The molecule has 1 aromatic heterocycles. The first-order valence-corrected chi connectivity index (χ1v) is 11.1. The first-order valence-electron chi connectivity index (χ1n) is 10.3. The van der Waals surface area contributed by atoms with E-state index in [1.165, 1.54) is 5.56 Å². The largest absolute Gasteiger partial charge is 0.467 e. The number of Topliss-reactive ketones (excluding diaryl/α,β-unsaturated/α-hetero) is 1. The summed E-state index contributed by atoms with van der Waals surface area (Å²) in [5.74, 6) is 0.942. The molecule has 0 fully saturated rings. The summed E-state index contributed by atoms with van der Waals surface area (Å²) in [5, 5.41) is 1.08. The summed E-state index contributed by atoms with van der Waals surface area (Å²) >= 11 is 1.54. The number of thiophene rings is 1. The molecule has 0 saturated heterocycles. The van der Waals surface area contributed by atoms with E-state index in [2.05, 4.69) is 71.9 Å². The molecule has 0 amide bonds. The number of carbonyl (C=O) groups excluding carboxylic acids is 1. The highest BCUT2D eigenvalue weighted by Gasteiger charge is 2.27. The number of carbonyl (C=O) groups is 1. The van der Waals surface area contributed by atoms with E-state index in [1.54, 1.807) is 25.4 Å². The number of ketones is 1. The van der Waals surface area contributed by atoms with Gasteiger partial charge in [0, 0.05) is 28.3 Å². The predicted octanol–water partition coefficient (Wildman–Crippen LogP) is 7.35. The molecule has 0 atom stereocenters. The zero-order valence-electron chi connectivity index (χ0n) is 19.3. The lowest BCUT2D eigenvalue weighted by Crippen LogP contribution is -2.19. The number of hydrogen-bond donors (Lipinski definition) is 0. The van der Waals surface area contributed by atoms with Crippen LogP contribution >= 0.6 is 11.3 Å². The molecule has 160 valence electrons. The predicted molar refractivity (Wildman–Crippen MR) is 127 cm³/mol. The third-order valence-corrected chi connectivity index (χ3v) is 6.48. The molecule has 0 aliphatic rings. The zero-order valence-corrected chi connectivity index (χ0v) is 20.1. The maximum atomic E-state index is 12.0. The van der Waals surface area contributed by atoms with Gasteiger partial charge in [-0.3, -0.25) is 4.79 Å². The summed E-state index contributed by atoms with van der Waals surface area (Å²) in [6.45, 7) is 15.1. The standard InChI is InChI=1S/C26H32O3S/c1-16(27)23-14-19-18(10-9-11-22(19)30-23)20-12-17(25(2,3)4)13-21(26(5,6)7)24(20)29-15-28-8/h9-14H,15H2,1-8H3. The van der Waals surface area contributed by atoms with Gasteiger partial charge in [-0.05, 0) is 47.1 Å². The lowest BCUT2D eigenvalue weighted by molar-refractivity contribution is 0.0502. The van der Waals surface area contributed by atoms with Crippen molar-refractivity contribution in [2.24, 2.45) is 0 Å². The minimum atomic E-state index is -0.105. The van der Waals surface area contributed by atoms with E-state index in [1.807, 2.05) is 6.07 Å². The molecule has 0 spiro atoms. The molecule has 0 bridgehead atoms. The number of benzene rings is 2. The van der Waals surface area contributed by atoms with Crippen LogP contribution in [0.1, 0.15) is 69.3 Å². The summed E-state index contributed by atoms with van der Waals surface area (Å²) in [6.07, 6.45) is 0. The van der Waals surface area contributed by atoms with Crippen LogP contribution in [0.3, 0.4) is 0 Å². The Kier molecular flexibility index (Phi) is 6.13. The molecule has 3 nitrogen and oxygen atoms in total. The van der Waals surface area contributed by atoms with Crippen molar-refractivity contribution < 1.29 is 14.3 Å². The topological polar surface area (TPSA) is 35.5 Å². The second kappa shape index (κ2) is 8.16. The van der Waals surface area contributed by atoms with Gasteiger partial charge in [0.05, 0.1) is 4.88 Å². The number of rotatable bonds is 5. The van der Waals surface area contributed by atoms with Crippen LogP contribution in [0.25, 0.3) is 21.2 Å². The van der Waals surface area contributed by atoms with E-state index in [9.17, 15) is 4.79 Å². The molecule has 30 heavy (non-hydrogen) atoms. The first-order chi connectivity index (χ1) is 13.9. The summed E-state index contributed by atoms with van der Waals surface area (Å²) in [5.41, 5.74) is 4.42. The molecule has 2 aromatic carbocycles. The van der Waals surface area contributed by atoms with E-state index < -0.39 is 0 Å². The van der Waals surface area contributed by atoms with Crippen LogP contribution in [-0.2, 0) is 15.6 Å². The summed E-state index contributed by atoms with van der Waals surface area (Å²) in [4.78, 5) is 12.8. The van der Waals surface area contributed by atoms with Gasteiger partial charge in [-0.1, -0.05) is 59.7 Å². The fourth-order valence-electron chi connectivity index (χ4n) is 3.56. The Labute approximate surface area is 184 Å². The van der Waals surface area contributed by atoms with Crippen molar-refractivity contribution in [2.45, 2.75) is 59.3 Å². The Morgan fingerprint density at radius 2 is 1.67 bits per heavy atom. The molecule has 1 heterocycles. The Bertz CT molecular complexity index is 1080. The van der Waals surface area contributed by atoms with Crippen LogP contribution in [0, 0.1) is 0 Å². The van der Waals surface area contributed by atoms with Crippen molar-refractivity contribution in [3.05, 3.63) is 52.4 Å². The molecular formula is C26H32O3S. The third kappa shape index (κ3) is 4.45. The lowest BCUT2D eigenvalue weighted by Gasteiger charge is -2.29. The van der Waals surface area contributed by atoms with Gasteiger partial charge in [-0.2, -0.15) is 0 Å². The molecule has 0 N–H and O–H groups in total. The van der Waals surface area contributed by atoms with Crippen LogP contribution in [-0.4, -0.2) is 19.7 Å². The maximum Gasteiger partial charge on any atom is 0.188 e. The summed E-state index contributed by atoms with van der Waals surface area (Å²) < 4.78 is 12.5. The molecule has 3 rings (SSSR count). The van der Waals surface area contributed by atoms with Crippen LogP contribution in [0.15, 0.2) is 36.4 Å². The Morgan fingerprint density at radius 1 is 0.967 bits per heavy atom.